The molecule has 1 heterocycles. The highest BCUT2D eigenvalue weighted by Gasteiger charge is 2.05. The number of benzene rings is 1. The van der Waals surface area contributed by atoms with E-state index in [1.54, 1.807) is 6.07 Å². The molecule has 0 aliphatic heterocycles. The quantitative estimate of drug-likeness (QED) is 0.780. The van der Waals surface area contributed by atoms with Crippen molar-refractivity contribution in [3.8, 4) is 0 Å². The average molecular weight is 400 g/mol. The van der Waals surface area contributed by atoms with E-state index in [1.807, 2.05) is 0 Å². The number of anilines is 2. The zero-order chi connectivity index (χ0) is 10.8. The molecule has 15 heavy (non-hydrogen) atoms. The lowest BCUT2D eigenvalue weighted by atomic mass is 10.3. The molecule has 0 atom stereocenters. The molecule has 1 N–H and O–H groups in total. The molecule has 2 rings (SSSR count). The maximum absolute atomic E-state index is 12.8. The number of hydrogen-bond donors (Lipinski definition) is 1. The Balaban J connectivity index is 2.24. The van der Waals surface area contributed by atoms with Crippen molar-refractivity contribution in [1.29, 1.82) is 0 Å². The van der Waals surface area contributed by atoms with Crippen molar-refractivity contribution >= 4 is 60.7 Å². The van der Waals surface area contributed by atoms with Crippen molar-refractivity contribution in [1.82, 2.24) is 10.2 Å². The molecule has 7 heteroatoms. The van der Waals surface area contributed by atoms with Crippen LogP contribution in [0.1, 0.15) is 0 Å². The Morgan fingerprint density at radius 2 is 2.20 bits per heavy atom. The van der Waals surface area contributed by atoms with Gasteiger partial charge in [-0.1, -0.05) is 11.3 Å². The molecule has 0 saturated carbocycles. The second kappa shape index (κ2) is 4.71. The number of nitrogens with one attached hydrogen (secondary N) is 1. The van der Waals surface area contributed by atoms with Gasteiger partial charge in [0, 0.05) is 3.57 Å². The fourth-order valence-electron chi connectivity index (χ4n) is 0.962. The first-order chi connectivity index (χ1) is 7.15. The van der Waals surface area contributed by atoms with Crippen LogP contribution >= 0.6 is 49.9 Å². The van der Waals surface area contributed by atoms with Gasteiger partial charge in [0.2, 0.25) is 5.13 Å². The van der Waals surface area contributed by atoms with E-state index in [0.717, 1.165) is 9.26 Å². The molecular weight excluding hydrogens is 396 g/mol. The molecular formula is C8H4BrFIN3S. The minimum atomic E-state index is -0.247. The fourth-order valence-corrected chi connectivity index (χ4v) is 2.60. The standard InChI is InChI=1S/C8H4BrFIN3S/c9-7-13-14-8(15-7)12-6-2-1-4(10)3-5(6)11/h1-3H,(H,12,14). The average Bonchev–Trinajstić information content (AvgIpc) is 2.56. The zero-order valence-corrected chi connectivity index (χ0v) is 11.7. The first kappa shape index (κ1) is 11.2. The van der Waals surface area contributed by atoms with Crippen LogP contribution in [-0.2, 0) is 0 Å². The molecule has 1 aromatic carbocycles. The summed E-state index contributed by atoms with van der Waals surface area (Å²) in [5, 5.41) is 11.4. The van der Waals surface area contributed by atoms with Gasteiger partial charge in [0.05, 0.1) is 5.69 Å². The second-order valence-electron chi connectivity index (χ2n) is 2.61. The molecule has 3 nitrogen and oxygen atoms in total. The highest BCUT2D eigenvalue weighted by Crippen LogP contribution is 2.27. The molecule has 1 aromatic heterocycles. The number of aromatic nitrogens is 2. The lowest BCUT2D eigenvalue weighted by Crippen LogP contribution is -1.93. The fraction of sp³-hybridized carbons (Fsp3) is 0. The van der Waals surface area contributed by atoms with Gasteiger partial charge in [0.25, 0.3) is 0 Å². The van der Waals surface area contributed by atoms with E-state index in [9.17, 15) is 4.39 Å². The molecule has 0 unspecified atom stereocenters. The molecule has 78 valence electrons. The Bertz CT molecular complexity index is 490. The Hall–Kier alpha value is -0.280. The Kier molecular flexibility index (Phi) is 3.52. The van der Waals surface area contributed by atoms with Crippen molar-refractivity contribution in [2.45, 2.75) is 0 Å². The lowest BCUT2D eigenvalue weighted by Gasteiger charge is -2.04. The van der Waals surface area contributed by atoms with Crippen LogP contribution in [0.3, 0.4) is 0 Å². The van der Waals surface area contributed by atoms with Crippen molar-refractivity contribution < 1.29 is 4.39 Å². The summed E-state index contributed by atoms with van der Waals surface area (Å²) in [7, 11) is 0. The van der Waals surface area contributed by atoms with Gasteiger partial charge < -0.3 is 5.32 Å². The van der Waals surface area contributed by atoms with Gasteiger partial charge in [-0.05, 0) is 56.7 Å². The maximum Gasteiger partial charge on any atom is 0.210 e. The van der Waals surface area contributed by atoms with E-state index in [0.29, 0.717) is 9.05 Å². The molecule has 0 aliphatic carbocycles. The zero-order valence-electron chi connectivity index (χ0n) is 7.17. The van der Waals surface area contributed by atoms with Crippen LogP contribution < -0.4 is 5.32 Å². The molecule has 0 fully saturated rings. The Labute approximate surface area is 111 Å². The minimum Gasteiger partial charge on any atom is -0.329 e. The molecule has 0 amide bonds. The summed E-state index contributed by atoms with van der Waals surface area (Å²) in [6.45, 7) is 0. The van der Waals surface area contributed by atoms with Crippen LogP contribution in [0.25, 0.3) is 0 Å². The molecule has 0 bridgehead atoms. The summed E-state index contributed by atoms with van der Waals surface area (Å²) >= 11 is 6.66. The predicted octanol–water partition coefficient (Wildman–Crippen LogP) is 3.79. The van der Waals surface area contributed by atoms with Crippen molar-refractivity contribution in [2.75, 3.05) is 5.32 Å². The summed E-state index contributed by atoms with van der Waals surface area (Å²) in [6, 6.07) is 4.53. The van der Waals surface area contributed by atoms with E-state index in [1.165, 1.54) is 23.5 Å². The van der Waals surface area contributed by atoms with Gasteiger partial charge in [-0.25, -0.2) is 4.39 Å². The predicted molar refractivity (Wildman–Crippen MR) is 70.0 cm³/mol. The third kappa shape index (κ3) is 2.85. The van der Waals surface area contributed by atoms with Crippen LogP contribution in [-0.4, -0.2) is 10.2 Å². The van der Waals surface area contributed by atoms with Crippen LogP contribution in [0, 0.1) is 9.39 Å². The van der Waals surface area contributed by atoms with E-state index in [4.69, 9.17) is 0 Å². The maximum atomic E-state index is 12.8. The molecule has 0 radical (unpaired) electrons. The van der Waals surface area contributed by atoms with E-state index < -0.39 is 0 Å². The van der Waals surface area contributed by atoms with Crippen molar-refractivity contribution in [3.05, 3.63) is 31.5 Å². The summed E-state index contributed by atoms with van der Waals surface area (Å²) in [6.07, 6.45) is 0. The smallest absolute Gasteiger partial charge is 0.210 e. The second-order valence-corrected chi connectivity index (χ2v) is 6.03. The van der Waals surface area contributed by atoms with E-state index >= 15 is 0 Å². The van der Waals surface area contributed by atoms with Crippen LogP contribution in [0.5, 0.6) is 0 Å². The normalized spacial score (nSPS) is 10.3. The number of nitrogens with zero attached hydrogens (tertiary/aromatic N) is 2. The van der Waals surface area contributed by atoms with Crippen LogP contribution in [0.15, 0.2) is 22.1 Å². The minimum absolute atomic E-state index is 0.247. The van der Waals surface area contributed by atoms with Gasteiger partial charge in [-0.3, -0.25) is 0 Å². The number of halogens is 3. The first-order valence-electron chi connectivity index (χ1n) is 3.86. The van der Waals surface area contributed by atoms with Gasteiger partial charge in [0.15, 0.2) is 3.92 Å². The molecule has 2 aromatic rings. The lowest BCUT2D eigenvalue weighted by molar-refractivity contribution is 0.627. The Morgan fingerprint density at radius 1 is 1.40 bits per heavy atom. The molecule has 0 saturated heterocycles. The van der Waals surface area contributed by atoms with Gasteiger partial charge in [-0.15, -0.1) is 10.2 Å². The third-order valence-corrected chi connectivity index (χ3v) is 3.74. The van der Waals surface area contributed by atoms with Crippen LogP contribution in [0.4, 0.5) is 15.2 Å². The topological polar surface area (TPSA) is 37.8 Å². The summed E-state index contributed by atoms with van der Waals surface area (Å²) in [5.74, 6) is -0.247. The molecule has 0 aliphatic rings. The van der Waals surface area contributed by atoms with E-state index in [2.05, 4.69) is 54.0 Å². The summed E-state index contributed by atoms with van der Waals surface area (Å²) in [4.78, 5) is 0. The SMILES string of the molecule is Fc1ccc(Nc2nnc(Br)s2)c(I)c1. The van der Waals surface area contributed by atoms with E-state index in [-0.39, 0.29) is 5.82 Å². The number of hydrogen-bond acceptors (Lipinski definition) is 4. The summed E-state index contributed by atoms with van der Waals surface area (Å²) in [5.41, 5.74) is 0.820. The summed E-state index contributed by atoms with van der Waals surface area (Å²) < 4.78 is 14.3. The van der Waals surface area contributed by atoms with Gasteiger partial charge in [-0.2, -0.15) is 0 Å². The monoisotopic (exact) mass is 399 g/mol. The Morgan fingerprint density at radius 3 is 2.80 bits per heavy atom. The highest BCUT2D eigenvalue weighted by molar-refractivity contribution is 14.1. The molecule has 0 spiro atoms. The van der Waals surface area contributed by atoms with Gasteiger partial charge in [0.1, 0.15) is 5.82 Å². The number of rotatable bonds is 2. The van der Waals surface area contributed by atoms with Crippen LogP contribution in [0.2, 0.25) is 0 Å². The van der Waals surface area contributed by atoms with Crippen molar-refractivity contribution in [3.63, 3.8) is 0 Å². The largest absolute Gasteiger partial charge is 0.329 e. The van der Waals surface area contributed by atoms with Gasteiger partial charge >= 0.3 is 0 Å². The highest BCUT2D eigenvalue weighted by atomic mass is 127. The van der Waals surface area contributed by atoms with Crippen molar-refractivity contribution in [2.24, 2.45) is 0 Å². The third-order valence-electron chi connectivity index (χ3n) is 1.57. The first-order valence-corrected chi connectivity index (χ1v) is 6.55.